The molecule has 76 valence electrons. The molecule has 1 aromatic rings. The van der Waals surface area contributed by atoms with Gasteiger partial charge in [0.15, 0.2) is 5.76 Å². The molecule has 0 bridgehead atoms. The fourth-order valence-corrected chi connectivity index (χ4v) is 1.34. The van der Waals surface area contributed by atoms with Gasteiger partial charge < -0.3 is 9.15 Å². The number of carbonyl (C=O) groups is 1. The molecule has 1 rings (SSSR count). The standard InChI is InChI=1S/C8H9O5P/c1-2-12-8(9)7-4-3-6(13-7)5-14(10)11/h3-4H,2,5H2,1H3/p+1. The zero-order valence-electron chi connectivity index (χ0n) is 7.60. The van der Waals surface area contributed by atoms with Crippen LogP contribution >= 0.6 is 8.03 Å². The summed E-state index contributed by atoms with van der Waals surface area (Å²) in [6.07, 6.45) is -0.0886. The Hall–Kier alpha value is -1.19. The molecular formula is C8H10O5P+. The lowest BCUT2D eigenvalue weighted by atomic mass is 10.4. The Balaban J connectivity index is 2.67. The predicted octanol–water partition coefficient (Wildman–Crippen LogP) is 1.69. The van der Waals surface area contributed by atoms with Crippen molar-refractivity contribution in [1.29, 1.82) is 0 Å². The van der Waals surface area contributed by atoms with E-state index in [-0.39, 0.29) is 18.5 Å². The number of esters is 1. The highest BCUT2D eigenvalue weighted by molar-refractivity contribution is 7.37. The summed E-state index contributed by atoms with van der Waals surface area (Å²) in [4.78, 5) is 19.7. The molecule has 1 atom stereocenters. The Labute approximate surface area is 81.5 Å². The SMILES string of the molecule is CCOC(=O)c1ccc(C[P+](=O)O)o1. The zero-order valence-corrected chi connectivity index (χ0v) is 8.49. The Morgan fingerprint density at radius 1 is 1.64 bits per heavy atom. The molecule has 1 unspecified atom stereocenters. The van der Waals surface area contributed by atoms with Gasteiger partial charge in [-0.25, -0.2) is 4.79 Å². The van der Waals surface area contributed by atoms with Crippen LogP contribution in [0.5, 0.6) is 0 Å². The molecule has 0 aliphatic heterocycles. The lowest BCUT2D eigenvalue weighted by Gasteiger charge is -1.95. The van der Waals surface area contributed by atoms with Crippen molar-refractivity contribution in [2.45, 2.75) is 13.1 Å². The molecule has 0 aliphatic carbocycles. The largest absolute Gasteiger partial charge is 0.513 e. The van der Waals surface area contributed by atoms with Gasteiger partial charge in [-0.05, 0) is 23.6 Å². The quantitative estimate of drug-likeness (QED) is 0.613. The summed E-state index contributed by atoms with van der Waals surface area (Å²) >= 11 is 0. The van der Waals surface area contributed by atoms with Crippen molar-refractivity contribution in [2.75, 3.05) is 6.61 Å². The maximum Gasteiger partial charge on any atom is 0.513 e. The van der Waals surface area contributed by atoms with Gasteiger partial charge in [-0.15, -0.1) is 0 Å². The molecule has 5 nitrogen and oxygen atoms in total. The number of hydrogen-bond acceptors (Lipinski definition) is 4. The van der Waals surface area contributed by atoms with Crippen molar-refractivity contribution >= 4 is 14.0 Å². The van der Waals surface area contributed by atoms with E-state index >= 15 is 0 Å². The van der Waals surface area contributed by atoms with Crippen LogP contribution in [0.25, 0.3) is 0 Å². The zero-order chi connectivity index (χ0) is 10.6. The normalized spacial score (nSPS) is 11.1. The van der Waals surface area contributed by atoms with Crippen LogP contribution in [0.4, 0.5) is 0 Å². The van der Waals surface area contributed by atoms with Crippen molar-refractivity contribution in [3.63, 3.8) is 0 Å². The molecular weight excluding hydrogens is 207 g/mol. The first kappa shape index (κ1) is 10.9. The molecule has 0 saturated heterocycles. The van der Waals surface area contributed by atoms with Crippen molar-refractivity contribution in [1.82, 2.24) is 0 Å². The van der Waals surface area contributed by atoms with E-state index in [0.717, 1.165) is 0 Å². The van der Waals surface area contributed by atoms with E-state index in [1.165, 1.54) is 12.1 Å². The van der Waals surface area contributed by atoms with E-state index < -0.39 is 14.0 Å². The predicted molar refractivity (Wildman–Crippen MR) is 48.2 cm³/mol. The van der Waals surface area contributed by atoms with Crippen LogP contribution in [-0.4, -0.2) is 17.5 Å². The minimum atomic E-state index is -2.29. The second-order valence-electron chi connectivity index (χ2n) is 2.50. The maximum absolute atomic E-state index is 11.1. The van der Waals surface area contributed by atoms with Gasteiger partial charge in [-0.2, -0.15) is 4.89 Å². The van der Waals surface area contributed by atoms with Crippen molar-refractivity contribution < 1.29 is 23.4 Å². The van der Waals surface area contributed by atoms with E-state index in [0.29, 0.717) is 5.76 Å². The minimum absolute atomic E-state index is 0.0544. The molecule has 1 aromatic heterocycles. The van der Waals surface area contributed by atoms with Crippen molar-refractivity contribution in [2.24, 2.45) is 0 Å². The third-order valence-electron chi connectivity index (χ3n) is 1.43. The van der Waals surface area contributed by atoms with Crippen molar-refractivity contribution in [3.8, 4) is 0 Å². The van der Waals surface area contributed by atoms with Gasteiger partial charge >= 0.3 is 14.0 Å². The maximum atomic E-state index is 11.1. The molecule has 0 aromatic carbocycles. The van der Waals surface area contributed by atoms with E-state index in [9.17, 15) is 9.36 Å². The first-order chi connectivity index (χ1) is 6.63. The van der Waals surface area contributed by atoms with Crippen LogP contribution in [-0.2, 0) is 15.5 Å². The van der Waals surface area contributed by atoms with E-state index in [1.54, 1.807) is 6.92 Å². The number of ether oxygens (including phenoxy) is 1. The summed E-state index contributed by atoms with van der Waals surface area (Å²) in [6, 6.07) is 2.90. The highest BCUT2D eigenvalue weighted by Crippen LogP contribution is 2.22. The average Bonchev–Trinajstić information content (AvgIpc) is 2.52. The summed E-state index contributed by atoms with van der Waals surface area (Å²) < 4.78 is 20.1. The summed E-state index contributed by atoms with van der Waals surface area (Å²) in [6.45, 7) is 1.95. The number of furan rings is 1. The molecule has 0 saturated carbocycles. The molecule has 1 N–H and O–H groups in total. The molecule has 0 amide bonds. The van der Waals surface area contributed by atoms with Gasteiger partial charge in [0, 0.05) is 0 Å². The fraction of sp³-hybridized carbons (Fsp3) is 0.375. The Kier molecular flexibility index (Phi) is 3.80. The Bertz CT molecular complexity index is 343. The van der Waals surface area contributed by atoms with Gasteiger partial charge in [0.1, 0.15) is 0 Å². The van der Waals surface area contributed by atoms with Gasteiger partial charge in [0.25, 0.3) is 0 Å². The number of rotatable bonds is 4. The summed E-state index contributed by atoms with van der Waals surface area (Å²) in [7, 11) is -2.29. The average molecular weight is 217 g/mol. The van der Waals surface area contributed by atoms with E-state index in [2.05, 4.69) is 4.74 Å². The van der Waals surface area contributed by atoms with Crippen LogP contribution in [0.2, 0.25) is 0 Å². The molecule has 1 heterocycles. The van der Waals surface area contributed by atoms with E-state index in [4.69, 9.17) is 9.31 Å². The summed E-state index contributed by atoms with van der Waals surface area (Å²) in [5, 5.41) is 0. The lowest BCUT2D eigenvalue weighted by molar-refractivity contribution is 0.0488. The fourth-order valence-electron chi connectivity index (χ4n) is 0.908. The molecule has 6 heteroatoms. The Morgan fingerprint density at radius 3 is 2.93 bits per heavy atom. The van der Waals surface area contributed by atoms with Gasteiger partial charge in [0.2, 0.25) is 11.9 Å². The van der Waals surface area contributed by atoms with E-state index in [1.807, 2.05) is 0 Å². The molecule has 0 aliphatic rings. The first-order valence-corrected chi connectivity index (χ1v) is 5.42. The second kappa shape index (κ2) is 4.88. The van der Waals surface area contributed by atoms with Crippen LogP contribution in [0.1, 0.15) is 23.2 Å². The lowest BCUT2D eigenvalue weighted by Crippen LogP contribution is -2.02. The third kappa shape index (κ3) is 2.94. The third-order valence-corrected chi connectivity index (χ3v) is 2.01. The van der Waals surface area contributed by atoms with Gasteiger partial charge in [-0.1, -0.05) is 0 Å². The van der Waals surface area contributed by atoms with Crippen molar-refractivity contribution in [3.05, 3.63) is 23.7 Å². The highest BCUT2D eigenvalue weighted by atomic mass is 31.1. The minimum Gasteiger partial charge on any atom is -0.460 e. The van der Waals surface area contributed by atoms with Crippen LogP contribution in [0, 0.1) is 0 Å². The first-order valence-electron chi connectivity index (χ1n) is 4.03. The van der Waals surface area contributed by atoms with Gasteiger partial charge in [-0.3, -0.25) is 0 Å². The van der Waals surface area contributed by atoms with Crippen LogP contribution in [0.15, 0.2) is 16.5 Å². The number of hydrogen-bond donors (Lipinski definition) is 1. The topological polar surface area (TPSA) is 76.7 Å². The molecule has 0 radical (unpaired) electrons. The molecule has 0 spiro atoms. The summed E-state index contributed by atoms with van der Waals surface area (Å²) in [5.41, 5.74) is 0. The van der Waals surface area contributed by atoms with Gasteiger partial charge in [0.05, 0.1) is 6.61 Å². The second-order valence-corrected chi connectivity index (χ2v) is 3.52. The van der Waals surface area contributed by atoms with Crippen LogP contribution in [0.3, 0.4) is 0 Å². The molecule has 0 fully saturated rings. The summed E-state index contributed by atoms with van der Waals surface area (Å²) in [5.74, 6) is -0.206. The Morgan fingerprint density at radius 2 is 2.36 bits per heavy atom. The highest BCUT2D eigenvalue weighted by Gasteiger charge is 2.18. The molecule has 14 heavy (non-hydrogen) atoms. The smallest absolute Gasteiger partial charge is 0.460 e. The monoisotopic (exact) mass is 217 g/mol. The number of carbonyl (C=O) groups excluding carboxylic acids is 1. The van der Waals surface area contributed by atoms with Crippen LogP contribution < -0.4 is 0 Å².